The Morgan fingerprint density at radius 1 is 1.57 bits per heavy atom. The first kappa shape index (κ1) is 11.5. The van der Waals surface area contributed by atoms with E-state index in [4.69, 9.17) is 15.2 Å². The summed E-state index contributed by atoms with van der Waals surface area (Å²) in [7, 11) is 0. The molecule has 82 valence electrons. The van der Waals surface area contributed by atoms with E-state index in [1.54, 1.807) is 0 Å². The van der Waals surface area contributed by atoms with Crippen molar-refractivity contribution in [3.63, 3.8) is 0 Å². The molecule has 0 aromatic carbocycles. The molecule has 3 nitrogen and oxygen atoms in total. The summed E-state index contributed by atoms with van der Waals surface area (Å²) in [5, 5.41) is 0. The van der Waals surface area contributed by atoms with Gasteiger partial charge in [0.2, 0.25) is 0 Å². The van der Waals surface area contributed by atoms with E-state index in [9.17, 15) is 0 Å². The molecule has 0 saturated carbocycles. The maximum atomic E-state index is 6.08. The molecule has 2 atom stereocenters. The molecule has 1 aliphatic rings. The molecule has 2 unspecified atom stereocenters. The van der Waals surface area contributed by atoms with Crippen molar-refractivity contribution < 1.29 is 9.47 Å². The zero-order valence-corrected chi connectivity index (χ0v) is 9.16. The van der Waals surface area contributed by atoms with Gasteiger partial charge < -0.3 is 15.2 Å². The molecular weight excluding hydrogens is 178 g/mol. The molecule has 0 amide bonds. The van der Waals surface area contributed by atoms with Crippen LogP contribution in [0.25, 0.3) is 0 Å². The summed E-state index contributed by atoms with van der Waals surface area (Å²) in [4.78, 5) is 0. The van der Waals surface area contributed by atoms with Gasteiger partial charge in [0.25, 0.3) is 0 Å². The van der Waals surface area contributed by atoms with Crippen molar-refractivity contribution >= 4 is 0 Å². The zero-order valence-electron chi connectivity index (χ0n) is 9.16. The van der Waals surface area contributed by atoms with Crippen LogP contribution in [0.2, 0.25) is 0 Å². The van der Waals surface area contributed by atoms with Crippen molar-refractivity contribution in [1.29, 1.82) is 0 Å². The molecule has 1 heterocycles. The van der Waals surface area contributed by atoms with Gasteiger partial charge in [-0.25, -0.2) is 0 Å². The zero-order chi connectivity index (χ0) is 10.4. The lowest BCUT2D eigenvalue weighted by molar-refractivity contribution is 0.0325. The fourth-order valence-corrected chi connectivity index (χ4v) is 1.72. The van der Waals surface area contributed by atoms with Crippen molar-refractivity contribution in [1.82, 2.24) is 0 Å². The molecule has 0 aromatic rings. The van der Waals surface area contributed by atoms with Gasteiger partial charge in [0.05, 0.1) is 18.8 Å². The highest BCUT2D eigenvalue weighted by Crippen LogP contribution is 2.18. The first-order valence-corrected chi connectivity index (χ1v) is 5.49. The molecule has 14 heavy (non-hydrogen) atoms. The lowest BCUT2D eigenvalue weighted by atomic mass is 10.1. The SMILES string of the molecule is CCCC(OCC)C(N)C1=CCCO1. The summed E-state index contributed by atoms with van der Waals surface area (Å²) in [5.74, 6) is 0.914. The van der Waals surface area contributed by atoms with E-state index >= 15 is 0 Å². The van der Waals surface area contributed by atoms with Crippen LogP contribution in [0.3, 0.4) is 0 Å². The number of nitrogens with two attached hydrogens (primary N) is 1. The second-order valence-corrected chi connectivity index (χ2v) is 3.55. The maximum absolute atomic E-state index is 6.08. The smallest absolute Gasteiger partial charge is 0.111 e. The molecule has 0 aromatic heterocycles. The van der Waals surface area contributed by atoms with E-state index in [0.29, 0.717) is 6.61 Å². The second-order valence-electron chi connectivity index (χ2n) is 3.55. The largest absolute Gasteiger partial charge is 0.496 e. The third-order valence-electron chi connectivity index (χ3n) is 2.42. The lowest BCUT2D eigenvalue weighted by Gasteiger charge is -2.23. The number of hydrogen-bond acceptors (Lipinski definition) is 3. The van der Waals surface area contributed by atoms with Crippen LogP contribution in [0.15, 0.2) is 11.8 Å². The average molecular weight is 199 g/mol. The van der Waals surface area contributed by atoms with Gasteiger partial charge in [-0.15, -0.1) is 0 Å². The summed E-state index contributed by atoms with van der Waals surface area (Å²) in [6.45, 7) is 5.63. The number of hydrogen-bond donors (Lipinski definition) is 1. The minimum absolute atomic E-state index is 0.0857. The van der Waals surface area contributed by atoms with E-state index < -0.39 is 0 Å². The monoisotopic (exact) mass is 199 g/mol. The van der Waals surface area contributed by atoms with Crippen molar-refractivity contribution in [2.75, 3.05) is 13.2 Å². The third kappa shape index (κ3) is 3.00. The second kappa shape index (κ2) is 6.04. The Labute approximate surface area is 86.3 Å². The predicted molar refractivity (Wildman–Crippen MR) is 56.9 cm³/mol. The molecule has 3 heteroatoms. The van der Waals surface area contributed by atoms with E-state index in [0.717, 1.165) is 31.6 Å². The van der Waals surface area contributed by atoms with Gasteiger partial charge in [-0.3, -0.25) is 0 Å². The Hall–Kier alpha value is -0.540. The molecular formula is C11H21NO2. The standard InChI is InChI=1S/C11H21NO2/c1-3-6-9(13-4-2)11(12)10-7-5-8-14-10/h7,9,11H,3-6,8,12H2,1-2H3. The molecule has 0 bridgehead atoms. The van der Waals surface area contributed by atoms with Crippen LogP contribution in [0, 0.1) is 0 Å². The van der Waals surface area contributed by atoms with E-state index in [-0.39, 0.29) is 12.1 Å². The number of rotatable bonds is 6. The van der Waals surface area contributed by atoms with Gasteiger partial charge in [-0.1, -0.05) is 13.3 Å². The minimum Gasteiger partial charge on any atom is -0.496 e. The Morgan fingerprint density at radius 2 is 2.36 bits per heavy atom. The summed E-state index contributed by atoms with van der Waals surface area (Å²) >= 11 is 0. The van der Waals surface area contributed by atoms with E-state index in [1.165, 1.54) is 0 Å². The minimum atomic E-state index is -0.0857. The quantitative estimate of drug-likeness (QED) is 0.709. The molecule has 1 aliphatic heterocycles. The van der Waals surface area contributed by atoms with Crippen LogP contribution in [0.1, 0.15) is 33.1 Å². The Kier molecular flexibility index (Phi) is 4.98. The van der Waals surface area contributed by atoms with Gasteiger partial charge in [0.15, 0.2) is 0 Å². The molecule has 2 N–H and O–H groups in total. The van der Waals surface area contributed by atoms with Gasteiger partial charge in [-0.2, -0.15) is 0 Å². The van der Waals surface area contributed by atoms with E-state index in [1.807, 2.05) is 6.92 Å². The van der Waals surface area contributed by atoms with Gasteiger partial charge in [0.1, 0.15) is 5.76 Å². The summed E-state index contributed by atoms with van der Waals surface area (Å²) < 4.78 is 11.1. The first-order chi connectivity index (χ1) is 6.79. The summed E-state index contributed by atoms with van der Waals surface area (Å²) in [6, 6.07) is -0.0857. The molecule has 1 rings (SSSR count). The fourth-order valence-electron chi connectivity index (χ4n) is 1.72. The molecule has 0 aliphatic carbocycles. The van der Waals surface area contributed by atoms with Crippen LogP contribution in [-0.2, 0) is 9.47 Å². The Bertz CT molecular complexity index is 186. The topological polar surface area (TPSA) is 44.5 Å². The average Bonchev–Trinajstić information content (AvgIpc) is 2.69. The third-order valence-corrected chi connectivity index (χ3v) is 2.42. The van der Waals surface area contributed by atoms with Gasteiger partial charge in [-0.05, 0) is 19.4 Å². The van der Waals surface area contributed by atoms with Crippen LogP contribution >= 0.6 is 0 Å². The van der Waals surface area contributed by atoms with Gasteiger partial charge in [0, 0.05) is 13.0 Å². The molecule has 0 fully saturated rings. The molecule has 0 spiro atoms. The van der Waals surface area contributed by atoms with Crippen LogP contribution in [0.5, 0.6) is 0 Å². The van der Waals surface area contributed by atoms with E-state index in [2.05, 4.69) is 13.0 Å². The lowest BCUT2D eigenvalue weighted by Crippen LogP contribution is -2.38. The highest BCUT2D eigenvalue weighted by Gasteiger charge is 2.23. The van der Waals surface area contributed by atoms with Crippen molar-refractivity contribution in [2.45, 2.75) is 45.3 Å². The predicted octanol–water partition coefficient (Wildman–Crippen LogP) is 1.82. The Morgan fingerprint density at radius 3 is 2.86 bits per heavy atom. The summed E-state index contributed by atoms with van der Waals surface area (Å²) in [6.07, 6.45) is 5.25. The first-order valence-electron chi connectivity index (χ1n) is 5.49. The highest BCUT2D eigenvalue weighted by atomic mass is 16.5. The highest BCUT2D eigenvalue weighted by molar-refractivity contribution is 5.08. The number of ether oxygens (including phenoxy) is 2. The van der Waals surface area contributed by atoms with Crippen LogP contribution in [0.4, 0.5) is 0 Å². The van der Waals surface area contributed by atoms with Crippen LogP contribution < -0.4 is 5.73 Å². The van der Waals surface area contributed by atoms with Crippen LogP contribution in [-0.4, -0.2) is 25.4 Å². The van der Waals surface area contributed by atoms with Crippen molar-refractivity contribution in [3.8, 4) is 0 Å². The van der Waals surface area contributed by atoms with Crippen molar-refractivity contribution in [3.05, 3.63) is 11.8 Å². The van der Waals surface area contributed by atoms with Gasteiger partial charge >= 0.3 is 0 Å². The maximum Gasteiger partial charge on any atom is 0.111 e. The summed E-state index contributed by atoms with van der Waals surface area (Å²) in [5.41, 5.74) is 6.08. The van der Waals surface area contributed by atoms with Crippen molar-refractivity contribution in [2.24, 2.45) is 5.73 Å². The Balaban J connectivity index is 2.48. The fraction of sp³-hybridized carbons (Fsp3) is 0.818. The molecule has 0 radical (unpaired) electrons. The normalized spacial score (nSPS) is 20.1. The molecule has 0 saturated heterocycles.